The Balaban J connectivity index is 1.49. The molecule has 0 spiro atoms. The van der Waals surface area contributed by atoms with Crippen molar-refractivity contribution in [2.45, 2.75) is 19.8 Å². The van der Waals surface area contributed by atoms with Crippen LogP contribution >= 0.6 is 0 Å². The largest absolute Gasteiger partial charge is 0.396 e. The topological polar surface area (TPSA) is 88.6 Å². The first-order valence-electron chi connectivity index (χ1n) is 10.1. The number of nitrogens with zero attached hydrogens (tertiary/aromatic N) is 1. The summed E-state index contributed by atoms with van der Waals surface area (Å²) in [5.41, 5.74) is 3.01. The van der Waals surface area contributed by atoms with Gasteiger partial charge in [-0.05, 0) is 55.7 Å². The van der Waals surface area contributed by atoms with Crippen molar-refractivity contribution in [2.24, 2.45) is 5.41 Å². The van der Waals surface area contributed by atoms with Crippen LogP contribution in [0.15, 0.2) is 42.5 Å². The van der Waals surface area contributed by atoms with Crippen LogP contribution in [0.3, 0.4) is 0 Å². The molecule has 0 saturated carbocycles. The Morgan fingerprint density at radius 1 is 1.17 bits per heavy atom. The molecule has 1 aromatic heterocycles. The molecule has 1 amide bonds. The average Bonchev–Trinajstić information content (AvgIpc) is 3.24. The maximum atomic E-state index is 14.0. The summed E-state index contributed by atoms with van der Waals surface area (Å²) < 4.78 is 14.0. The summed E-state index contributed by atoms with van der Waals surface area (Å²) in [5, 5.41) is 22.4. The quantitative estimate of drug-likeness (QED) is 0.518. The fourth-order valence-electron chi connectivity index (χ4n) is 4.03. The molecule has 0 atom stereocenters. The van der Waals surface area contributed by atoms with Crippen molar-refractivity contribution >= 4 is 28.2 Å². The van der Waals surface area contributed by atoms with Gasteiger partial charge in [-0.1, -0.05) is 12.1 Å². The maximum absolute atomic E-state index is 14.0. The lowest BCUT2D eigenvalue weighted by Gasteiger charge is -2.40. The van der Waals surface area contributed by atoms with Crippen molar-refractivity contribution < 1.29 is 19.4 Å². The lowest BCUT2D eigenvalue weighted by Crippen LogP contribution is -2.44. The molecule has 4 N–H and O–H groups in total. The molecule has 1 fully saturated rings. The van der Waals surface area contributed by atoms with Gasteiger partial charge in [-0.3, -0.25) is 4.79 Å². The second-order valence-electron chi connectivity index (χ2n) is 8.14. The van der Waals surface area contributed by atoms with Crippen molar-refractivity contribution in [3.05, 3.63) is 59.5 Å². The van der Waals surface area contributed by atoms with E-state index < -0.39 is 5.41 Å². The molecule has 0 unspecified atom stereocenters. The standard InChI is InChI=1S/C23H26FN3O3/c1-15-5-6-19(24)18-12-20(26-21(15)18)22(30)25-16-3-2-4-17(11-16)27-9-7-23(13-28,14-29)8-10-27/h2-6,11-12,26,28-29H,7-10,13-14H2,1H3,(H,25,30). The van der Waals surface area contributed by atoms with E-state index in [0.717, 1.165) is 24.3 Å². The summed E-state index contributed by atoms with van der Waals surface area (Å²) in [7, 11) is 0. The van der Waals surface area contributed by atoms with Crippen LogP contribution in [0.4, 0.5) is 15.8 Å². The van der Waals surface area contributed by atoms with Gasteiger partial charge in [-0.15, -0.1) is 0 Å². The van der Waals surface area contributed by atoms with Crippen molar-refractivity contribution in [1.29, 1.82) is 0 Å². The molecular weight excluding hydrogens is 385 g/mol. The van der Waals surface area contributed by atoms with E-state index in [1.54, 1.807) is 6.07 Å². The number of hydrogen-bond donors (Lipinski definition) is 4. The van der Waals surface area contributed by atoms with Gasteiger partial charge in [0.25, 0.3) is 5.91 Å². The molecule has 6 nitrogen and oxygen atoms in total. The zero-order valence-electron chi connectivity index (χ0n) is 16.9. The molecule has 1 aliphatic rings. The smallest absolute Gasteiger partial charge is 0.272 e. The monoisotopic (exact) mass is 411 g/mol. The van der Waals surface area contributed by atoms with E-state index in [4.69, 9.17) is 0 Å². The highest BCUT2D eigenvalue weighted by Crippen LogP contribution is 2.33. The highest BCUT2D eigenvalue weighted by atomic mass is 19.1. The molecule has 3 aromatic rings. The van der Waals surface area contributed by atoms with Gasteiger partial charge in [0, 0.05) is 35.3 Å². The molecule has 158 valence electrons. The van der Waals surface area contributed by atoms with Gasteiger partial charge in [0.1, 0.15) is 11.5 Å². The van der Waals surface area contributed by atoms with Crippen LogP contribution in [0.2, 0.25) is 0 Å². The molecule has 30 heavy (non-hydrogen) atoms. The highest BCUT2D eigenvalue weighted by Gasteiger charge is 2.33. The number of aliphatic hydroxyl groups is 2. The Morgan fingerprint density at radius 3 is 2.57 bits per heavy atom. The Bertz CT molecular complexity index is 1030. The third-order valence-corrected chi connectivity index (χ3v) is 6.16. The van der Waals surface area contributed by atoms with Gasteiger partial charge in [0.15, 0.2) is 0 Å². The minimum absolute atomic E-state index is 0.0159. The number of benzene rings is 2. The molecule has 0 radical (unpaired) electrons. The minimum Gasteiger partial charge on any atom is -0.396 e. The van der Waals surface area contributed by atoms with Gasteiger partial charge in [-0.25, -0.2) is 4.39 Å². The van der Waals surface area contributed by atoms with Gasteiger partial charge in [0.2, 0.25) is 0 Å². The number of aromatic nitrogens is 1. The van der Waals surface area contributed by atoms with E-state index >= 15 is 0 Å². The summed E-state index contributed by atoms with van der Waals surface area (Å²) in [6, 6.07) is 12.2. The molecule has 2 aromatic carbocycles. The number of anilines is 2. The van der Waals surface area contributed by atoms with Crippen LogP contribution in [0.25, 0.3) is 10.9 Å². The first-order chi connectivity index (χ1) is 14.4. The van der Waals surface area contributed by atoms with E-state index in [0.29, 0.717) is 35.1 Å². The number of carbonyl (C=O) groups is 1. The lowest BCUT2D eigenvalue weighted by atomic mass is 9.80. The third-order valence-electron chi connectivity index (χ3n) is 6.16. The van der Waals surface area contributed by atoms with Crippen LogP contribution in [0.5, 0.6) is 0 Å². The molecule has 1 aliphatic heterocycles. The van der Waals surface area contributed by atoms with Crippen LogP contribution in [-0.4, -0.2) is 47.4 Å². The number of amides is 1. The highest BCUT2D eigenvalue weighted by molar-refractivity contribution is 6.06. The Hall–Kier alpha value is -2.90. The van der Waals surface area contributed by atoms with Crippen LogP contribution in [0, 0.1) is 18.2 Å². The minimum atomic E-state index is -0.411. The normalized spacial score (nSPS) is 16.1. The average molecular weight is 411 g/mol. The number of aromatic amines is 1. The SMILES string of the molecule is Cc1ccc(F)c2cc(C(=O)Nc3cccc(N4CCC(CO)(CO)CC4)c3)[nH]c12. The zero-order chi connectivity index (χ0) is 21.3. The molecule has 4 rings (SSSR count). The Labute approximate surface area is 174 Å². The van der Waals surface area contributed by atoms with Gasteiger partial charge >= 0.3 is 0 Å². The van der Waals surface area contributed by atoms with Crippen LogP contribution < -0.4 is 10.2 Å². The fraction of sp³-hybridized carbons (Fsp3) is 0.348. The second-order valence-corrected chi connectivity index (χ2v) is 8.14. The predicted molar refractivity (Wildman–Crippen MR) is 115 cm³/mol. The van der Waals surface area contributed by atoms with E-state index in [9.17, 15) is 19.4 Å². The number of H-pyrrole nitrogens is 1. The molecule has 0 bridgehead atoms. The second kappa shape index (κ2) is 8.08. The molecule has 2 heterocycles. The number of aryl methyl sites for hydroxylation is 1. The van der Waals surface area contributed by atoms with Crippen molar-refractivity contribution in [3.63, 3.8) is 0 Å². The molecule has 7 heteroatoms. The first-order valence-corrected chi connectivity index (χ1v) is 10.1. The number of nitrogens with one attached hydrogen (secondary N) is 2. The summed E-state index contributed by atoms with van der Waals surface area (Å²) in [5.74, 6) is -0.694. The lowest BCUT2D eigenvalue weighted by molar-refractivity contribution is 0.0341. The molecule has 0 aliphatic carbocycles. The third kappa shape index (κ3) is 3.78. The summed E-state index contributed by atoms with van der Waals surface area (Å²) in [4.78, 5) is 17.9. The number of hydrogen-bond acceptors (Lipinski definition) is 4. The van der Waals surface area contributed by atoms with E-state index in [1.165, 1.54) is 12.1 Å². The number of fused-ring (bicyclic) bond motifs is 1. The first kappa shape index (κ1) is 20.4. The number of carbonyl (C=O) groups excluding carboxylic acids is 1. The van der Waals surface area contributed by atoms with Crippen molar-refractivity contribution in [1.82, 2.24) is 4.98 Å². The number of rotatable bonds is 5. The van der Waals surface area contributed by atoms with E-state index in [2.05, 4.69) is 15.2 Å². The van der Waals surface area contributed by atoms with Crippen molar-refractivity contribution in [2.75, 3.05) is 36.5 Å². The maximum Gasteiger partial charge on any atom is 0.272 e. The van der Waals surface area contributed by atoms with Gasteiger partial charge in [0.05, 0.1) is 18.7 Å². The Kier molecular flexibility index (Phi) is 5.49. The van der Waals surface area contributed by atoms with Crippen LogP contribution in [-0.2, 0) is 0 Å². The molecular formula is C23H26FN3O3. The summed E-state index contributed by atoms with van der Waals surface area (Å²) >= 11 is 0. The Morgan fingerprint density at radius 2 is 1.90 bits per heavy atom. The predicted octanol–water partition coefficient (Wildman–Crippen LogP) is 3.44. The zero-order valence-corrected chi connectivity index (χ0v) is 16.9. The number of halogens is 1. The molecule has 1 saturated heterocycles. The van der Waals surface area contributed by atoms with Gasteiger partial charge in [-0.2, -0.15) is 0 Å². The summed E-state index contributed by atoms with van der Waals surface area (Å²) in [6.45, 7) is 3.28. The van der Waals surface area contributed by atoms with Crippen molar-refractivity contribution in [3.8, 4) is 0 Å². The van der Waals surface area contributed by atoms with Crippen LogP contribution in [0.1, 0.15) is 28.9 Å². The van der Waals surface area contributed by atoms with E-state index in [-0.39, 0.29) is 24.9 Å². The number of aliphatic hydroxyl groups excluding tert-OH is 2. The van der Waals surface area contributed by atoms with E-state index in [1.807, 2.05) is 31.2 Å². The summed E-state index contributed by atoms with van der Waals surface area (Å²) in [6.07, 6.45) is 1.41. The fourth-order valence-corrected chi connectivity index (χ4v) is 4.03. The van der Waals surface area contributed by atoms with Gasteiger partial charge < -0.3 is 25.4 Å². The number of piperidine rings is 1.